The number of aliphatic carboxylic acids is 1. The molecular formula is C13H18NNaO6S. The van der Waals surface area contributed by atoms with Gasteiger partial charge in [-0.3, -0.25) is 0 Å². The van der Waals surface area contributed by atoms with Crippen LogP contribution >= 0.6 is 0 Å². The van der Waals surface area contributed by atoms with Gasteiger partial charge >= 0.3 is 29.6 Å². The fraction of sp³-hybridized carbons (Fsp3) is 0.462. The van der Waals surface area contributed by atoms with Gasteiger partial charge in [-0.05, 0) is 37.1 Å². The number of aryl methyl sites for hydroxylation is 2. The second-order valence-corrected chi connectivity index (χ2v) is 6.12. The Balaban J connectivity index is 0.00000441. The van der Waals surface area contributed by atoms with Gasteiger partial charge in [-0.1, -0.05) is 0 Å². The summed E-state index contributed by atoms with van der Waals surface area (Å²) >= 11 is 0. The first kappa shape index (κ1) is 21.4. The number of methoxy groups -OCH3 is 1. The second-order valence-electron chi connectivity index (χ2n) is 4.41. The van der Waals surface area contributed by atoms with Gasteiger partial charge in [0.1, 0.15) is 5.75 Å². The van der Waals surface area contributed by atoms with E-state index in [1.807, 2.05) is 0 Å². The van der Waals surface area contributed by atoms with E-state index < -0.39 is 22.6 Å². The minimum absolute atomic E-state index is 0. The van der Waals surface area contributed by atoms with Crippen LogP contribution in [0.25, 0.3) is 0 Å². The molecule has 1 aromatic rings. The van der Waals surface area contributed by atoms with Gasteiger partial charge in [0.05, 0.1) is 31.2 Å². The summed E-state index contributed by atoms with van der Waals surface area (Å²) in [5, 5.41) is 10.1. The van der Waals surface area contributed by atoms with Crippen LogP contribution in [0.2, 0.25) is 0 Å². The number of carbonyl (C=O) groups is 1. The second kappa shape index (κ2) is 9.49. The molecule has 0 heterocycles. The molecule has 0 aliphatic heterocycles. The molecule has 0 saturated carbocycles. The standard InChI is InChI=1S/C13H19NO6S.Na/c1-9-6-11(19-3)7-10(2)13(9)21(17,18)14-4-5-20-8-12(15)16;/h6-7,14H,4-5,8H2,1-3H3,(H,15,16);/q;+1/p-1. The Kier molecular flexibility index (Phi) is 9.21. The number of hydrogen-bond acceptors (Lipinski definition) is 6. The molecular weight excluding hydrogens is 321 g/mol. The van der Waals surface area contributed by atoms with Crippen LogP contribution in [0.3, 0.4) is 0 Å². The predicted molar refractivity (Wildman–Crippen MR) is 73.5 cm³/mol. The maximum absolute atomic E-state index is 12.2. The van der Waals surface area contributed by atoms with Crippen LogP contribution in [0.1, 0.15) is 11.1 Å². The third-order valence-corrected chi connectivity index (χ3v) is 4.46. The number of carboxylic acids is 1. The predicted octanol–water partition coefficient (Wildman–Crippen LogP) is -3.64. The molecule has 0 amide bonds. The number of carbonyl (C=O) groups excluding carboxylic acids is 1. The molecule has 0 radical (unpaired) electrons. The van der Waals surface area contributed by atoms with Gasteiger partial charge in [-0.15, -0.1) is 0 Å². The molecule has 1 aromatic carbocycles. The summed E-state index contributed by atoms with van der Waals surface area (Å²) < 4.78 is 36.6. The summed E-state index contributed by atoms with van der Waals surface area (Å²) in [5.41, 5.74) is 1.13. The number of carboxylic acid groups (broad SMARTS) is 1. The minimum atomic E-state index is -3.70. The van der Waals surface area contributed by atoms with Crippen molar-refractivity contribution in [3.8, 4) is 5.75 Å². The van der Waals surface area contributed by atoms with E-state index in [1.165, 1.54) is 7.11 Å². The van der Waals surface area contributed by atoms with E-state index in [0.717, 1.165) is 0 Å². The van der Waals surface area contributed by atoms with E-state index >= 15 is 0 Å². The molecule has 0 aliphatic rings. The summed E-state index contributed by atoms with van der Waals surface area (Å²) in [5.74, 6) is -0.763. The molecule has 0 atom stereocenters. The van der Waals surface area contributed by atoms with E-state index in [-0.39, 0.29) is 47.6 Å². The van der Waals surface area contributed by atoms with Crippen molar-refractivity contribution in [2.45, 2.75) is 18.7 Å². The summed E-state index contributed by atoms with van der Waals surface area (Å²) in [6.07, 6.45) is 0. The molecule has 0 unspecified atom stereocenters. The Morgan fingerprint density at radius 2 is 1.82 bits per heavy atom. The third-order valence-electron chi connectivity index (χ3n) is 2.70. The van der Waals surface area contributed by atoms with Crippen molar-refractivity contribution in [2.24, 2.45) is 0 Å². The zero-order valence-corrected chi connectivity index (χ0v) is 16.0. The van der Waals surface area contributed by atoms with Gasteiger partial charge in [-0.25, -0.2) is 13.1 Å². The van der Waals surface area contributed by atoms with E-state index in [2.05, 4.69) is 4.72 Å². The van der Waals surface area contributed by atoms with Gasteiger partial charge in [0.25, 0.3) is 0 Å². The molecule has 0 bridgehead atoms. The average Bonchev–Trinajstić information content (AvgIpc) is 2.36. The summed E-state index contributed by atoms with van der Waals surface area (Å²) in [6.45, 7) is 2.71. The maximum Gasteiger partial charge on any atom is 1.00 e. The summed E-state index contributed by atoms with van der Waals surface area (Å²) in [7, 11) is -2.19. The number of nitrogens with one attached hydrogen (secondary N) is 1. The first-order chi connectivity index (χ1) is 9.77. The minimum Gasteiger partial charge on any atom is -0.548 e. The Morgan fingerprint density at radius 3 is 2.27 bits per heavy atom. The molecule has 1 rings (SSSR count). The van der Waals surface area contributed by atoms with Gasteiger partial charge in [0.15, 0.2) is 0 Å². The van der Waals surface area contributed by atoms with Crippen LogP contribution in [-0.2, 0) is 19.6 Å². The van der Waals surface area contributed by atoms with Crippen LogP contribution in [-0.4, -0.2) is 41.3 Å². The van der Waals surface area contributed by atoms with Crippen LogP contribution in [0.5, 0.6) is 5.75 Å². The quantitative estimate of drug-likeness (QED) is 0.387. The Bertz CT molecular complexity index is 594. The molecule has 7 nitrogen and oxygen atoms in total. The van der Waals surface area contributed by atoms with Crippen molar-refractivity contribution in [2.75, 3.05) is 26.9 Å². The van der Waals surface area contributed by atoms with Crippen molar-refractivity contribution in [1.29, 1.82) is 0 Å². The van der Waals surface area contributed by atoms with E-state index in [4.69, 9.17) is 9.47 Å². The maximum atomic E-state index is 12.2. The molecule has 22 heavy (non-hydrogen) atoms. The molecule has 0 spiro atoms. The van der Waals surface area contributed by atoms with Gasteiger partial charge in [-0.2, -0.15) is 0 Å². The van der Waals surface area contributed by atoms with Crippen LogP contribution in [0.15, 0.2) is 17.0 Å². The van der Waals surface area contributed by atoms with Crippen molar-refractivity contribution in [1.82, 2.24) is 4.72 Å². The zero-order valence-electron chi connectivity index (χ0n) is 13.1. The molecule has 0 saturated heterocycles. The van der Waals surface area contributed by atoms with E-state index in [1.54, 1.807) is 26.0 Å². The van der Waals surface area contributed by atoms with Crippen molar-refractivity contribution in [3.05, 3.63) is 23.3 Å². The van der Waals surface area contributed by atoms with Crippen LogP contribution in [0, 0.1) is 13.8 Å². The summed E-state index contributed by atoms with van der Waals surface area (Å²) in [6, 6.07) is 3.27. The van der Waals surface area contributed by atoms with Gasteiger partial charge in [0, 0.05) is 6.54 Å². The number of hydrogen-bond donors (Lipinski definition) is 1. The van der Waals surface area contributed by atoms with Gasteiger partial charge < -0.3 is 19.4 Å². The zero-order chi connectivity index (χ0) is 16.0. The van der Waals surface area contributed by atoms with Crippen LogP contribution in [0.4, 0.5) is 0 Å². The number of ether oxygens (including phenoxy) is 2. The van der Waals surface area contributed by atoms with E-state index in [0.29, 0.717) is 16.9 Å². The Hall–Kier alpha value is -0.640. The largest absolute Gasteiger partial charge is 1.00 e. The Morgan fingerprint density at radius 1 is 1.27 bits per heavy atom. The SMILES string of the molecule is COc1cc(C)c(S(=O)(=O)NCCOCC(=O)[O-])c(C)c1.[Na+]. The fourth-order valence-electron chi connectivity index (χ4n) is 1.93. The number of rotatable bonds is 8. The van der Waals surface area contributed by atoms with Gasteiger partial charge in [0.2, 0.25) is 10.0 Å². The first-order valence-corrected chi connectivity index (χ1v) is 7.68. The molecule has 1 N–H and O–H groups in total. The monoisotopic (exact) mass is 339 g/mol. The van der Waals surface area contributed by atoms with Crippen molar-refractivity contribution < 1.29 is 57.3 Å². The van der Waals surface area contributed by atoms with Crippen molar-refractivity contribution >= 4 is 16.0 Å². The molecule has 0 aromatic heterocycles. The molecule has 0 aliphatic carbocycles. The molecule has 0 fully saturated rings. The molecule has 118 valence electrons. The van der Waals surface area contributed by atoms with Crippen molar-refractivity contribution in [3.63, 3.8) is 0 Å². The van der Waals surface area contributed by atoms with E-state index in [9.17, 15) is 18.3 Å². The molecule has 9 heteroatoms. The summed E-state index contributed by atoms with van der Waals surface area (Å²) in [4.78, 5) is 10.3. The average molecular weight is 339 g/mol. The Labute approximate surface area is 152 Å². The normalized spacial score (nSPS) is 10.9. The topological polar surface area (TPSA) is 105 Å². The van der Waals surface area contributed by atoms with Crippen LogP contribution < -0.4 is 44.1 Å². The number of benzene rings is 1. The fourth-order valence-corrected chi connectivity index (χ4v) is 3.39. The smallest absolute Gasteiger partial charge is 0.548 e. The first-order valence-electron chi connectivity index (χ1n) is 6.20. The number of sulfonamides is 1. The third kappa shape index (κ3) is 6.23.